The van der Waals surface area contributed by atoms with Gasteiger partial charge in [0.25, 0.3) is 0 Å². The molecular weight excluding hydrogens is 234 g/mol. The summed E-state index contributed by atoms with van der Waals surface area (Å²) in [7, 11) is 2.09. The fraction of sp³-hybridized carbons (Fsp3) is 0.647. The van der Waals surface area contributed by atoms with E-state index >= 15 is 0 Å². The molecule has 19 heavy (non-hydrogen) atoms. The van der Waals surface area contributed by atoms with E-state index in [-0.39, 0.29) is 0 Å². The Labute approximate surface area is 117 Å². The second kappa shape index (κ2) is 7.54. The lowest BCUT2D eigenvalue weighted by atomic mass is 9.83. The van der Waals surface area contributed by atoms with Gasteiger partial charge in [0.2, 0.25) is 0 Å². The van der Waals surface area contributed by atoms with Crippen molar-refractivity contribution in [2.45, 2.75) is 57.4 Å². The van der Waals surface area contributed by atoms with Crippen molar-refractivity contribution in [2.24, 2.45) is 5.92 Å². The Kier molecular flexibility index (Phi) is 5.71. The van der Waals surface area contributed by atoms with Crippen LogP contribution in [-0.4, -0.2) is 18.2 Å². The van der Waals surface area contributed by atoms with Crippen LogP contribution < -0.4 is 5.32 Å². The standard InChI is InChI=1S/C17H27NO/c1-18-17(13-14-9-11-16(19)12-10-14)15-7-5-3-2-4-6-8-15/h9-12,15,17-19H,2-8,13H2,1H3. The SMILES string of the molecule is CNC(Cc1ccc(O)cc1)C1CCCCCCC1. The highest BCUT2D eigenvalue weighted by Gasteiger charge is 2.20. The van der Waals surface area contributed by atoms with Gasteiger partial charge in [-0.15, -0.1) is 0 Å². The second-order valence-electron chi connectivity index (χ2n) is 5.87. The van der Waals surface area contributed by atoms with E-state index in [0.717, 1.165) is 12.3 Å². The van der Waals surface area contributed by atoms with Crippen LogP contribution in [-0.2, 0) is 6.42 Å². The van der Waals surface area contributed by atoms with Crippen molar-refractivity contribution in [3.63, 3.8) is 0 Å². The van der Waals surface area contributed by atoms with Gasteiger partial charge in [-0.3, -0.25) is 0 Å². The number of aromatic hydroxyl groups is 1. The topological polar surface area (TPSA) is 32.3 Å². The number of phenols is 1. The van der Waals surface area contributed by atoms with Crippen LogP contribution in [0.1, 0.15) is 50.5 Å². The minimum Gasteiger partial charge on any atom is -0.508 e. The number of nitrogens with one attached hydrogen (secondary N) is 1. The third kappa shape index (κ3) is 4.54. The molecule has 0 aromatic heterocycles. The lowest BCUT2D eigenvalue weighted by molar-refractivity contribution is 0.294. The van der Waals surface area contributed by atoms with Crippen LogP contribution in [0.15, 0.2) is 24.3 Å². The van der Waals surface area contributed by atoms with Crippen LogP contribution in [0.3, 0.4) is 0 Å². The molecule has 1 aromatic rings. The van der Waals surface area contributed by atoms with E-state index in [9.17, 15) is 5.11 Å². The van der Waals surface area contributed by atoms with E-state index in [2.05, 4.69) is 12.4 Å². The fourth-order valence-corrected chi connectivity index (χ4v) is 3.28. The molecule has 1 aliphatic rings. The summed E-state index contributed by atoms with van der Waals surface area (Å²) in [6.07, 6.45) is 10.8. The average molecular weight is 261 g/mol. The fourth-order valence-electron chi connectivity index (χ4n) is 3.28. The minimum absolute atomic E-state index is 0.357. The monoisotopic (exact) mass is 261 g/mol. The highest BCUT2D eigenvalue weighted by atomic mass is 16.3. The van der Waals surface area contributed by atoms with E-state index in [1.54, 1.807) is 12.1 Å². The summed E-state index contributed by atoms with van der Waals surface area (Å²) in [5.41, 5.74) is 1.32. The normalized spacial score (nSPS) is 19.6. The summed E-state index contributed by atoms with van der Waals surface area (Å²) in [5, 5.41) is 12.9. The summed E-state index contributed by atoms with van der Waals surface area (Å²) in [6, 6.07) is 8.24. The van der Waals surface area contributed by atoms with Gasteiger partial charge in [0.05, 0.1) is 0 Å². The molecule has 0 heterocycles. The number of rotatable bonds is 4. The average Bonchev–Trinajstić information content (AvgIpc) is 2.38. The molecule has 2 N–H and O–H groups in total. The molecule has 1 fully saturated rings. The highest BCUT2D eigenvalue weighted by Crippen LogP contribution is 2.26. The van der Waals surface area contributed by atoms with Crippen LogP contribution in [0.2, 0.25) is 0 Å². The molecule has 0 aliphatic heterocycles. The first-order valence-electron chi connectivity index (χ1n) is 7.75. The van der Waals surface area contributed by atoms with E-state index in [4.69, 9.17) is 0 Å². The Balaban J connectivity index is 1.95. The maximum Gasteiger partial charge on any atom is 0.115 e. The first-order chi connectivity index (χ1) is 9.29. The maximum atomic E-state index is 9.35. The van der Waals surface area contributed by atoms with Gasteiger partial charge in [0.1, 0.15) is 5.75 Å². The molecule has 2 nitrogen and oxygen atoms in total. The van der Waals surface area contributed by atoms with Crippen LogP contribution in [0, 0.1) is 5.92 Å². The molecule has 1 saturated carbocycles. The quantitative estimate of drug-likeness (QED) is 0.862. The first-order valence-corrected chi connectivity index (χ1v) is 7.75. The Morgan fingerprint density at radius 3 is 2.21 bits per heavy atom. The van der Waals surface area contributed by atoms with Gasteiger partial charge < -0.3 is 10.4 Å². The van der Waals surface area contributed by atoms with Gasteiger partial charge in [-0.05, 0) is 49.9 Å². The zero-order valence-electron chi connectivity index (χ0n) is 12.1. The number of hydrogen-bond acceptors (Lipinski definition) is 2. The van der Waals surface area contributed by atoms with Crippen molar-refractivity contribution in [1.29, 1.82) is 0 Å². The number of likely N-dealkylation sites (N-methyl/N-ethyl adjacent to an activating group) is 1. The van der Waals surface area contributed by atoms with Gasteiger partial charge in [-0.2, -0.15) is 0 Å². The number of benzene rings is 1. The molecule has 2 heteroatoms. The van der Waals surface area contributed by atoms with Crippen LogP contribution in [0.5, 0.6) is 5.75 Å². The van der Waals surface area contributed by atoms with Crippen LogP contribution in [0.25, 0.3) is 0 Å². The summed E-state index contributed by atoms with van der Waals surface area (Å²) in [4.78, 5) is 0. The van der Waals surface area contributed by atoms with Gasteiger partial charge in [0, 0.05) is 6.04 Å². The zero-order valence-corrected chi connectivity index (χ0v) is 12.1. The lowest BCUT2D eigenvalue weighted by Gasteiger charge is -2.28. The van der Waals surface area contributed by atoms with Crippen molar-refractivity contribution in [1.82, 2.24) is 5.32 Å². The Hall–Kier alpha value is -1.02. The van der Waals surface area contributed by atoms with Crippen molar-refractivity contribution < 1.29 is 5.11 Å². The largest absolute Gasteiger partial charge is 0.508 e. The molecule has 1 aliphatic carbocycles. The lowest BCUT2D eigenvalue weighted by Crippen LogP contribution is -2.36. The van der Waals surface area contributed by atoms with Crippen LogP contribution >= 0.6 is 0 Å². The molecule has 106 valence electrons. The van der Waals surface area contributed by atoms with Gasteiger partial charge >= 0.3 is 0 Å². The van der Waals surface area contributed by atoms with E-state index in [1.165, 1.54) is 50.5 Å². The third-order valence-electron chi connectivity index (χ3n) is 4.48. The molecule has 1 unspecified atom stereocenters. The van der Waals surface area contributed by atoms with E-state index in [1.807, 2.05) is 12.1 Å². The van der Waals surface area contributed by atoms with Gasteiger partial charge in [0.15, 0.2) is 0 Å². The van der Waals surface area contributed by atoms with E-state index < -0.39 is 0 Å². The smallest absolute Gasteiger partial charge is 0.115 e. The predicted molar refractivity (Wildman–Crippen MR) is 80.5 cm³/mol. The third-order valence-corrected chi connectivity index (χ3v) is 4.48. The van der Waals surface area contributed by atoms with Crippen molar-refractivity contribution in [2.75, 3.05) is 7.05 Å². The number of phenolic OH excluding ortho intramolecular Hbond substituents is 1. The molecular formula is C17H27NO. The van der Waals surface area contributed by atoms with Crippen molar-refractivity contribution >= 4 is 0 Å². The molecule has 0 amide bonds. The van der Waals surface area contributed by atoms with Crippen molar-refractivity contribution in [3.05, 3.63) is 29.8 Å². The first kappa shape index (κ1) is 14.4. The predicted octanol–water partition coefficient (Wildman–Crippen LogP) is 3.88. The molecule has 0 bridgehead atoms. The summed E-state index contributed by atoms with van der Waals surface area (Å²) < 4.78 is 0. The van der Waals surface area contributed by atoms with Gasteiger partial charge in [-0.1, -0.05) is 44.2 Å². The summed E-state index contributed by atoms with van der Waals surface area (Å²) >= 11 is 0. The van der Waals surface area contributed by atoms with Gasteiger partial charge in [-0.25, -0.2) is 0 Å². The highest BCUT2D eigenvalue weighted by molar-refractivity contribution is 5.26. The molecule has 1 aromatic carbocycles. The minimum atomic E-state index is 0.357. The molecule has 0 spiro atoms. The summed E-state index contributed by atoms with van der Waals surface area (Å²) in [5.74, 6) is 1.16. The summed E-state index contributed by atoms with van der Waals surface area (Å²) in [6.45, 7) is 0. The van der Waals surface area contributed by atoms with Crippen LogP contribution in [0.4, 0.5) is 0 Å². The van der Waals surface area contributed by atoms with Crippen molar-refractivity contribution in [3.8, 4) is 5.75 Å². The van der Waals surface area contributed by atoms with E-state index in [0.29, 0.717) is 11.8 Å². The number of hydrogen-bond donors (Lipinski definition) is 2. The molecule has 0 radical (unpaired) electrons. The Morgan fingerprint density at radius 2 is 1.63 bits per heavy atom. The molecule has 0 saturated heterocycles. The zero-order chi connectivity index (χ0) is 13.5. The Bertz CT molecular complexity index is 352. The second-order valence-corrected chi connectivity index (χ2v) is 5.87. The molecule has 1 atom stereocenters. The Morgan fingerprint density at radius 1 is 1.05 bits per heavy atom. The maximum absolute atomic E-state index is 9.35. The molecule has 2 rings (SSSR count).